The number of urea groups is 1. The van der Waals surface area contributed by atoms with Gasteiger partial charge in [0.25, 0.3) is 0 Å². The predicted octanol–water partition coefficient (Wildman–Crippen LogP) is 4.12. The van der Waals surface area contributed by atoms with Crippen LogP contribution in [-0.4, -0.2) is 29.8 Å². The van der Waals surface area contributed by atoms with E-state index in [9.17, 15) is 9.59 Å². The lowest BCUT2D eigenvalue weighted by atomic mass is 9.90. The number of Topliss-reactive ketones (excluding diaryl/α,β-unsaturated/α-hetero) is 1. The summed E-state index contributed by atoms with van der Waals surface area (Å²) >= 11 is 0. The molecule has 24 heavy (non-hydrogen) atoms. The van der Waals surface area contributed by atoms with Crippen LogP contribution in [-0.2, 0) is 0 Å². The summed E-state index contributed by atoms with van der Waals surface area (Å²) in [4.78, 5) is 26.8. The second-order valence-electron chi connectivity index (χ2n) is 6.31. The number of aryl methyl sites for hydroxylation is 1. The minimum Gasteiger partial charge on any atom is -0.324 e. The predicted molar refractivity (Wildman–Crippen MR) is 95.3 cm³/mol. The minimum atomic E-state index is -0.136. The molecule has 1 unspecified atom stereocenters. The van der Waals surface area contributed by atoms with Gasteiger partial charge in [0.05, 0.1) is 0 Å². The molecule has 2 amide bonds. The van der Waals surface area contributed by atoms with Gasteiger partial charge in [-0.3, -0.25) is 4.79 Å². The summed E-state index contributed by atoms with van der Waals surface area (Å²) in [6, 6.07) is 16.9. The van der Waals surface area contributed by atoms with Gasteiger partial charge in [-0.2, -0.15) is 0 Å². The van der Waals surface area contributed by atoms with Gasteiger partial charge in [0.2, 0.25) is 0 Å². The molecule has 0 saturated carbocycles. The van der Waals surface area contributed by atoms with E-state index in [2.05, 4.69) is 5.32 Å². The maximum atomic E-state index is 12.7. The highest BCUT2D eigenvalue weighted by Crippen LogP contribution is 2.22. The average Bonchev–Trinajstić information content (AvgIpc) is 2.63. The first-order chi connectivity index (χ1) is 11.6. The fourth-order valence-electron chi connectivity index (χ4n) is 3.05. The third-order valence-corrected chi connectivity index (χ3v) is 4.44. The SMILES string of the molecule is Cc1ccc(C(=O)C2CCCN(C(=O)Nc3ccccc3)C2)cc1. The molecule has 1 heterocycles. The Morgan fingerprint density at radius 2 is 1.75 bits per heavy atom. The van der Waals surface area contributed by atoms with Crippen LogP contribution in [0, 0.1) is 12.8 Å². The lowest BCUT2D eigenvalue weighted by Gasteiger charge is -2.32. The highest BCUT2D eigenvalue weighted by Gasteiger charge is 2.29. The molecular formula is C20H22N2O2. The number of hydrogen-bond acceptors (Lipinski definition) is 2. The number of hydrogen-bond donors (Lipinski definition) is 1. The molecule has 1 saturated heterocycles. The average molecular weight is 322 g/mol. The summed E-state index contributed by atoms with van der Waals surface area (Å²) in [6.45, 7) is 3.17. The molecule has 124 valence electrons. The number of likely N-dealkylation sites (tertiary alicyclic amines) is 1. The highest BCUT2D eigenvalue weighted by molar-refractivity contribution is 5.98. The van der Waals surface area contributed by atoms with E-state index in [0.29, 0.717) is 13.1 Å². The number of carbonyl (C=O) groups excluding carboxylic acids is 2. The van der Waals surface area contributed by atoms with Crippen LogP contribution < -0.4 is 5.32 Å². The Bertz CT molecular complexity index is 710. The molecule has 0 aliphatic carbocycles. The molecule has 4 heteroatoms. The van der Waals surface area contributed by atoms with E-state index < -0.39 is 0 Å². The number of para-hydroxylation sites is 1. The number of rotatable bonds is 3. The monoisotopic (exact) mass is 322 g/mol. The largest absolute Gasteiger partial charge is 0.324 e. The number of ketones is 1. The zero-order chi connectivity index (χ0) is 16.9. The Morgan fingerprint density at radius 3 is 2.46 bits per heavy atom. The normalized spacial score (nSPS) is 17.4. The quantitative estimate of drug-likeness (QED) is 0.864. The van der Waals surface area contributed by atoms with E-state index in [1.165, 1.54) is 0 Å². The standard InChI is InChI=1S/C20H22N2O2/c1-15-9-11-16(12-10-15)19(23)17-6-5-13-22(14-17)20(24)21-18-7-3-2-4-8-18/h2-4,7-12,17H,5-6,13-14H2,1H3,(H,21,24). The summed E-state index contributed by atoms with van der Waals surface area (Å²) in [5.74, 6) is 0.00944. The summed E-state index contributed by atoms with van der Waals surface area (Å²) in [5.41, 5.74) is 2.64. The number of nitrogens with zero attached hydrogens (tertiary/aromatic N) is 1. The van der Waals surface area contributed by atoms with Gasteiger partial charge in [-0.15, -0.1) is 0 Å². The van der Waals surface area contributed by atoms with Crippen molar-refractivity contribution in [3.63, 3.8) is 0 Å². The van der Waals surface area contributed by atoms with Gasteiger partial charge in [0.1, 0.15) is 0 Å². The van der Waals surface area contributed by atoms with Crippen LogP contribution in [0.15, 0.2) is 54.6 Å². The van der Waals surface area contributed by atoms with Crippen LogP contribution in [0.2, 0.25) is 0 Å². The van der Waals surface area contributed by atoms with Crippen molar-refractivity contribution < 1.29 is 9.59 Å². The smallest absolute Gasteiger partial charge is 0.321 e. The van der Waals surface area contributed by atoms with Crippen molar-refractivity contribution in [2.24, 2.45) is 5.92 Å². The van der Waals surface area contributed by atoms with E-state index in [1.54, 1.807) is 4.90 Å². The molecule has 2 aromatic rings. The zero-order valence-corrected chi connectivity index (χ0v) is 13.9. The third kappa shape index (κ3) is 3.82. The van der Waals surface area contributed by atoms with Gasteiger partial charge in [-0.1, -0.05) is 48.0 Å². The van der Waals surface area contributed by atoms with Crippen molar-refractivity contribution in [2.45, 2.75) is 19.8 Å². The first-order valence-electron chi connectivity index (χ1n) is 8.35. The van der Waals surface area contributed by atoms with Gasteiger partial charge in [-0.05, 0) is 31.9 Å². The van der Waals surface area contributed by atoms with Crippen molar-refractivity contribution >= 4 is 17.5 Å². The van der Waals surface area contributed by atoms with Crippen molar-refractivity contribution in [3.05, 3.63) is 65.7 Å². The molecule has 4 nitrogen and oxygen atoms in total. The third-order valence-electron chi connectivity index (χ3n) is 4.44. The number of carbonyl (C=O) groups is 2. The lowest BCUT2D eigenvalue weighted by Crippen LogP contribution is -2.44. The van der Waals surface area contributed by atoms with Crippen molar-refractivity contribution in [2.75, 3.05) is 18.4 Å². The zero-order valence-electron chi connectivity index (χ0n) is 13.9. The van der Waals surface area contributed by atoms with E-state index >= 15 is 0 Å². The van der Waals surface area contributed by atoms with Crippen LogP contribution in [0.4, 0.5) is 10.5 Å². The van der Waals surface area contributed by atoms with E-state index in [-0.39, 0.29) is 17.7 Å². The molecule has 0 spiro atoms. The minimum absolute atomic E-state index is 0.122. The van der Waals surface area contributed by atoms with E-state index in [1.807, 2.05) is 61.5 Å². The maximum absolute atomic E-state index is 12.7. The highest BCUT2D eigenvalue weighted by atomic mass is 16.2. The molecular weight excluding hydrogens is 300 g/mol. The lowest BCUT2D eigenvalue weighted by molar-refractivity contribution is 0.0851. The molecule has 1 aliphatic rings. The van der Waals surface area contributed by atoms with Crippen molar-refractivity contribution in [1.29, 1.82) is 0 Å². The Hall–Kier alpha value is -2.62. The Kier molecular flexibility index (Phi) is 4.94. The Balaban J connectivity index is 1.64. The molecule has 2 aromatic carbocycles. The van der Waals surface area contributed by atoms with Gasteiger partial charge in [0, 0.05) is 30.3 Å². The summed E-state index contributed by atoms with van der Waals surface area (Å²) in [7, 11) is 0. The fraction of sp³-hybridized carbons (Fsp3) is 0.300. The molecule has 3 rings (SSSR count). The molecule has 0 bridgehead atoms. The molecule has 1 fully saturated rings. The van der Waals surface area contributed by atoms with Crippen LogP contribution in [0.25, 0.3) is 0 Å². The number of anilines is 1. The molecule has 0 aromatic heterocycles. The summed E-state index contributed by atoms with van der Waals surface area (Å²) in [6.07, 6.45) is 1.69. The van der Waals surface area contributed by atoms with E-state index in [0.717, 1.165) is 29.7 Å². The number of benzene rings is 2. The summed E-state index contributed by atoms with van der Waals surface area (Å²) < 4.78 is 0. The second kappa shape index (κ2) is 7.30. The van der Waals surface area contributed by atoms with E-state index in [4.69, 9.17) is 0 Å². The molecule has 1 atom stereocenters. The Labute approximate surface area is 142 Å². The molecule has 0 radical (unpaired) electrons. The maximum Gasteiger partial charge on any atom is 0.321 e. The first kappa shape index (κ1) is 16.2. The fourth-order valence-corrected chi connectivity index (χ4v) is 3.05. The van der Waals surface area contributed by atoms with Crippen LogP contribution >= 0.6 is 0 Å². The summed E-state index contributed by atoms with van der Waals surface area (Å²) in [5, 5.41) is 2.89. The number of piperidine rings is 1. The van der Waals surface area contributed by atoms with Gasteiger partial charge < -0.3 is 10.2 Å². The molecule has 1 N–H and O–H groups in total. The second-order valence-corrected chi connectivity index (χ2v) is 6.31. The topological polar surface area (TPSA) is 49.4 Å². The Morgan fingerprint density at radius 1 is 1.04 bits per heavy atom. The number of nitrogens with one attached hydrogen (secondary N) is 1. The number of amides is 2. The van der Waals surface area contributed by atoms with Gasteiger partial charge in [0.15, 0.2) is 5.78 Å². The van der Waals surface area contributed by atoms with Crippen molar-refractivity contribution in [3.8, 4) is 0 Å². The van der Waals surface area contributed by atoms with Gasteiger partial charge >= 0.3 is 6.03 Å². The molecule has 1 aliphatic heterocycles. The van der Waals surface area contributed by atoms with Crippen LogP contribution in [0.3, 0.4) is 0 Å². The van der Waals surface area contributed by atoms with Crippen molar-refractivity contribution in [1.82, 2.24) is 4.90 Å². The van der Waals surface area contributed by atoms with Crippen LogP contribution in [0.1, 0.15) is 28.8 Å². The first-order valence-corrected chi connectivity index (χ1v) is 8.35. The van der Waals surface area contributed by atoms with Gasteiger partial charge in [-0.25, -0.2) is 4.79 Å². The van der Waals surface area contributed by atoms with Crippen LogP contribution in [0.5, 0.6) is 0 Å².